The van der Waals surface area contributed by atoms with Gasteiger partial charge in [-0.05, 0) is 97.2 Å². The average molecular weight is 549 g/mol. The molecule has 1 saturated heterocycles. The van der Waals surface area contributed by atoms with Crippen molar-refractivity contribution in [2.45, 2.75) is 44.8 Å². The maximum absolute atomic E-state index is 13.1. The molecular weight excluding hydrogens is 512 g/mol. The lowest BCUT2D eigenvalue weighted by Crippen LogP contribution is -2.48. The van der Waals surface area contributed by atoms with E-state index in [0.717, 1.165) is 55.9 Å². The minimum atomic E-state index is -0.101. The Morgan fingerprint density at radius 2 is 1.56 bits per heavy atom. The first-order chi connectivity index (χ1) is 19.0. The van der Waals surface area contributed by atoms with E-state index in [4.69, 9.17) is 16.3 Å². The van der Waals surface area contributed by atoms with Crippen molar-refractivity contribution in [3.63, 3.8) is 0 Å². The maximum atomic E-state index is 13.1. The number of halogens is 1. The lowest BCUT2D eigenvalue weighted by Gasteiger charge is -2.34. The van der Waals surface area contributed by atoms with Gasteiger partial charge in [0.2, 0.25) is 0 Å². The van der Waals surface area contributed by atoms with Crippen molar-refractivity contribution in [3.8, 4) is 11.5 Å². The zero-order valence-corrected chi connectivity index (χ0v) is 23.0. The van der Waals surface area contributed by atoms with Crippen LogP contribution in [0.2, 0.25) is 5.02 Å². The highest BCUT2D eigenvalue weighted by atomic mass is 35.5. The lowest BCUT2D eigenvalue weighted by molar-refractivity contribution is 0.0628. The number of ether oxygens (including phenoxy) is 1. The van der Waals surface area contributed by atoms with E-state index in [1.807, 2.05) is 65.6 Å². The lowest BCUT2D eigenvalue weighted by atomic mass is 9.79. The van der Waals surface area contributed by atoms with Crippen LogP contribution in [0.5, 0.6) is 11.5 Å². The second-order valence-electron chi connectivity index (χ2n) is 10.7. The molecule has 3 aromatic carbocycles. The van der Waals surface area contributed by atoms with Gasteiger partial charge in [-0.3, -0.25) is 9.69 Å². The first-order valence-electron chi connectivity index (χ1n) is 13.9. The van der Waals surface area contributed by atoms with E-state index in [9.17, 15) is 15.0 Å². The van der Waals surface area contributed by atoms with Gasteiger partial charge in [-0.2, -0.15) is 0 Å². The molecule has 0 bridgehead atoms. The van der Waals surface area contributed by atoms with E-state index >= 15 is 0 Å². The highest BCUT2D eigenvalue weighted by Gasteiger charge is 2.24. The summed E-state index contributed by atoms with van der Waals surface area (Å²) in [7, 11) is 0. The van der Waals surface area contributed by atoms with Gasteiger partial charge in [0.05, 0.1) is 6.61 Å². The zero-order valence-electron chi connectivity index (χ0n) is 22.3. The van der Waals surface area contributed by atoms with Crippen LogP contribution in [0.3, 0.4) is 0 Å². The van der Waals surface area contributed by atoms with Gasteiger partial charge in [0, 0.05) is 55.5 Å². The van der Waals surface area contributed by atoms with Crippen LogP contribution in [0.1, 0.15) is 58.6 Å². The third-order valence-electron chi connectivity index (χ3n) is 8.14. The van der Waals surface area contributed by atoms with Crippen molar-refractivity contribution < 1.29 is 19.7 Å². The fraction of sp³-hybridized carbons (Fsp3) is 0.406. The Balaban J connectivity index is 1.15. The van der Waals surface area contributed by atoms with Crippen LogP contribution in [0.4, 0.5) is 0 Å². The number of carbonyl (C=O) groups excluding carboxylic acids is 1. The fourth-order valence-corrected chi connectivity index (χ4v) is 5.81. The minimum absolute atomic E-state index is 0.0315. The van der Waals surface area contributed by atoms with Crippen molar-refractivity contribution in [1.29, 1.82) is 0 Å². The largest absolute Gasteiger partial charge is 0.457 e. The molecule has 2 fully saturated rings. The monoisotopic (exact) mass is 548 g/mol. The van der Waals surface area contributed by atoms with Gasteiger partial charge in [0.25, 0.3) is 5.91 Å². The summed E-state index contributed by atoms with van der Waals surface area (Å²) in [6.07, 6.45) is 4.20. The second-order valence-corrected chi connectivity index (χ2v) is 11.2. The highest BCUT2D eigenvalue weighted by molar-refractivity contribution is 6.30. The molecule has 2 N–H and O–H groups in total. The minimum Gasteiger partial charge on any atom is -0.457 e. The molecule has 1 aliphatic heterocycles. The van der Waals surface area contributed by atoms with Gasteiger partial charge in [-0.25, -0.2) is 0 Å². The molecule has 39 heavy (non-hydrogen) atoms. The van der Waals surface area contributed by atoms with Gasteiger partial charge >= 0.3 is 0 Å². The Hall–Kier alpha value is -2.90. The number of aliphatic hydroxyl groups is 2. The van der Waals surface area contributed by atoms with Gasteiger partial charge in [-0.15, -0.1) is 0 Å². The van der Waals surface area contributed by atoms with E-state index in [1.54, 1.807) is 0 Å². The second kappa shape index (κ2) is 13.0. The molecule has 0 aromatic heterocycles. The van der Waals surface area contributed by atoms with Gasteiger partial charge in [0.15, 0.2) is 0 Å². The Bertz CT molecular complexity index is 1230. The molecule has 5 rings (SSSR count). The molecule has 1 saturated carbocycles. The Kier molecular flexibility index (Phi) is 9.20. The molecule has 6 nitrogen and oxygen atoms in total. The molecule has 7 heteroatoms. The third-order valence-corrected chi connectivity index (χ3v) is 8.39. The normalized spacial score (nSPS) is 20.1. The Morgan fingerprint density at radius 1 is 0.872 bits per heavy atom. The summed E-state index contributed by atoms with van der Waals surface area (Å²) in [6, 6.07) is 21.2. The summed E-state index contributed by atoms with van der Waals surface area (Å²) in [5, 5.41) is 20.1. The Morgan fingerprint density at radius 3 is 2.21 bits per heavy atom. The van der Waals surface area contributed by atoms with Crippen molar-refractivity contribution in [3.05, 3.63) is 94.0 Å². The van der Waals surface area contributed by atoms with Crippen molar-refractivity contribution >= 4 is 17.5 Å². The van der Waals surface area contributed by atoms with Gasteiger partial charge in [0.1, 0.15) is 11.5 Å². The summed E-state index contributed by atoms with van der Waals surface area (Å²) in [5.74, 6) is 2.16. The first-order valence-corrected chi connectivity index (χ1v) is 14.3. The molecule has 0 atom stereocenters. The van der Waals surface area contributed by atoms with Crippen molar-refractivity contribution in [2.75, 3.05) is 32.8 Å². The van der Waals surface area contributed by atoms with Crippen LogP contribution < -0.4 is 4.74 Å². The van der Waals surface area contributed by atoms with Crippen LogP contribution in [-0.4, -0.2) is 58.7 Å². The topological polar surface area (TPSA) is 73.2 Å². The van der Waals surface area contributed by atoms with Crippen LogP contribution in [0, 0.1) is 5.92 Å². The predicted molar refractivity (Wildman–Crippen MR) is 153 cm³/mol. The molecule has 1 aliphatic carbocycles. The van der Waals surface area contributed by atoms with E-state index < -0.39 is 0 Å². The number of hydrogen-bond donors (Lipinski definition) is 2. The van der Waals surface area contributed by atoms with E-state index in [0.29, 0.717) is 42.0 Å². The summed E-state index contributed by atoms with van der Waals surface area (Å²) in [6.45, 7) is 4.07. The molecule has 0 spiro atoms. The molecule has 0 radical (unpaired) electrons. The zero-order chi connectivity index (χ0) is 27.2. The van der Waals surface area contributed by atoms with Crippen LogP contribution >= 0.6 is 11.6 Å². The van der Waals surface area contributed by atoms with Gasteiger partial charge in [-0.1, -0.05) is 29.8 Å². The SMILES string of the molecule is O=C(c1ccc(Oc2ccc(C3CCC(CO)CC3)cc2CO)cc1)N1CCN(Cc2ccc(Cl)cc2)CC1. The number of carbonyl (C=O) groups is 1. The number of amides is 1. The molecular formula is C32H37ClN2O4. The summed E-state index contributed by atoms with van der Waals surface area (Å²) in [5.41, 5.74) is 3.84. The fourth-order valence-electron chi connectivity index (χ4n) is 5.69. The number of piperazine rings is 1. The van der Waals surface area contributed by atoms with Crippen LogP contribution in [0.25, 0.3) is 0 Å². The van der Waals surface area contributed by atoms with E-state index in [-0.39, 0.29) is 19.1 Å². The number of benzene rings is 3. The Labute approximate surface area is 235 Å². The highest BCUT2D eigenvalue weighted by Crippen LogP contribution is 2.37. The molecule has 206 valence electrons. The van der Waals surface area contributed by atoms with E-state index in [1.165, 1.54) is 11.1 Å². The summed E-state index contributed by atoms with van der Waals surface area (Å²) in [4.78, 5) is 17.4. The first kappa shape index (κ1) is 27.7. The molecule has 1 amide bonds. The standard InChI is InChI=1S/C32H37ClN2O4/c33-29-10-3-23(4-11-29)20-34-15-17-35(18-16-34)32(38)26-7-12-30(13-8-26)39-31-14-9-27(19-28(31)22-37)25-5-1-24(21-36)2-6-25/h3-4,7-14,19,24-25,36-37H,1-2,5-6,15-18,20-22H2. The predicted octanol–water partition coefficient (Wildman–Crippen LogP) is 5.85. The number of hydrogen-bond acceptors (Lipinski definition) is 5. The van der Waals surface area contributed by atoms with Crippen molar-refractivity contribution in [2.24, 2.45) is 5.92 Å². The van der Waals surface area contributed by atoms with Crippen LogP contribution in [0.15, 0.2) is 66.7 Å². The average Bonchev–Trinajstić information content (AvgIpc) is 2.99. The molecule has 3 aromatic rings. The van der Waals surface area contributed by atoms with Crippen molar-refractivity contribution in [1.82, 2.24) is 9.80 Å². The quantitative estimate of drug-likeness (QED) is 0.369. The molecule has 0 unspecified atom stereocenters. The number of rotatable bonds is 8. The van der Waals surface area contributed by atoms with E-state index in [2.05, 4.69) is 11.0 Å². The smallest absolute Gasteiger partial charge is 0.253 e. The molecule has 2 aliphatic rings. The summed E-state index contributed by atoms with van der Waals surface area (Å²) >= 11 is 5.99. The summed E-state index contributed by atoms with van der Waals surface area (Å²) < 4.78 is 6.10. The number of aliphatic hydroxyl groups excluding tert-OH is 2. The third kappa shape index (κ3) is 7.00. The van der Waals surface area contributed by atoms with Crippen LogP contribution in [-0.2, 0) is 13.2 Å². The van der Waals surface area contributed by atoms with Gasteiger partial charge < -0.3 is 19.8 Å². The number of nitrogens with zero attached hydrogens (tertiary/aromatic N) is 2. The maximum Gasteiger partial charge on any atom is 0.253 e. The molecule has 1 heterocycles.